The van der Waals surface area contributed by atoms with Crippen LogP contribution in [-0.2, 0) is 6.42 Å². The third-order valence-corrected chi connectivity index (χ3v) is 3.90. The van der Waals surface area contributed by atoms with E-state index < -0.39 is 0 Å². The van der Waals surface area contributed by atoms with Crippen molar-refractivity contribution < 1.29 is 4.79 Å². The fourth-order valence-electron chi connectivity index (χ4n) is 2.87. The highest BCUT2D eigenvalue weighted by Gasteiger charge is 2.24. The van der Waals surface area contributed by atoms with Gasteiger partial charge in [0.05, 0.1) is 6.04 Å². The van der Waals surface area contributed by atoms with Crippen molar-refractivity contribution in [3.63, 3.8) is 0 Å². The Kier molecular flexibility index (Phi) is 3.70. The molecule has 1 fully saturated rings. The first-order valence-electron chi connectivity index (χ1n) is 7.23. The second-order valence-electron chi connectivity index (χ2n) is 5.52. The summed E-state index contributed by atoms with van der Waals surface area (Å²) in [5, 5.41) is 3.27. The van der Waals surface area contributed by atoms with Crippen molar-refractivity contribution >= 4 is 5.91 Å². The van der Waals surface area contributed by atoms with Crippen molar-refractivity contribution in [1.82, 2.24) is 9.88 Å². The van der Waals surface area contributed by atoms with Crippen molar-refractivity contribution in [2.24, 2.45) is 0 Å². The molecule has 2 heterocycles. The van der Waals surface area contributed by atoms with Crippen molar-refractivity contribution in [2.75, 3.05) is 6.54 Å². The molecule has 1 aliphatic rings. The van der Waals surface area contributed by atoms with E-state index in [0.717, 1.165) is 31.5 Å². The van der Waals surface area contributed by atoms with Gasteiger partial charge in [0, 0.05) is 18.3 Å². The van der Waals surface area contributed by atoms with Gasteiger partial charge in [-0.25, -0.2) is 0 Å². The molecule has 1 saturated heterocycles. The van der Waals surface area contributed by atoms with Crippen molar-refractivity contribution in [1.29, 1.82) is 0 Å². The van der Waals surface area contributed by atoms with E-state index in [2.05, 4.69) is 36.5 Å². The Balaban J connectivity index is 1.81. The zero-order chi connectivity index (χ0) is 13.9. The number of rotatable bonds is 3. The number of hydrogen-bond donors (Lipinski definition) is 1. The second kappa shape index (κ2) is 5.63. The average Bonchev–Trinajstić information content (AvgIpc) is 3.09. The van der Waals surface area contributed by atoms with Crippen LogP contribution in [0.15, 0.2) is 42.6 Å². The van der Waals surface area contributed by atoms with Gasteiger partial charge in [0.1, 0.15) is 0 Å². The Morgan fingerprint density at radius 3 is 3.00 bits per heavy atom. The van der Waals surface area contributed by atoms with E-state index in [0.29, 0.717) is 0 Å². The lowest BCUT2D eigenvalue weighted by Gasteiger charge is -2.13. The van der Waals surface area contributed by atoms with Gasteiger partial charge >= 0.3 is 0 Å². The first kappa shape index (κ1) is 13.1. The van der Waals surface area contributed by atoms with Crippen molar-refractivity contribution in [3.05, 3.63) is 59.4 Å². The number of nitrogens with one attached hydrogen (secondary N) is 1. The minimum absolute atomic E-state index is 0.0151. The fraction of sp³-hybridized carbons (Fsp3) is 0.353. The van der Waals surface area contributed by atoms with Crippen LogP contribution in [-0.4, -0.2) is 23.1 Å². The van der Waals surface area contributed by atoms with Crippen LogP contribution < -0.4 is 5.32 Å². The molecule has 20 heavy (non-hydrogen) atoms. The summed E-state index contributed by atoms with van der Waals surface area (Å²) in [5.74, 6) is 0.176. The third kappa shape index (κ3) is 2.68. The summed E-state index contributed by atoms with van der Waals surface area (Å²) < 4.78 is 1.81. The largest absolute Gasteiger partial charge is 0.306 e. The topological polar surface area (TPSA) is 34.0 Å². The quantitative estimate of drug-likeness (QED) is 0.928. The predicted octanol–water partition coefficient (Wildman–Crippen LogP) is 2.78. The fourth-order valence-corrected chi connectivity index (χ4v) is 2.87. The molecule has 0 unspecified atom stereocenters. The number of aromatic nitrogens is 1. The normalized spacial score (nSPS) is 18.4. The van der Waals surface area contributed by atoms with E-state index in [1.807, 2.05) is 22.9 Å². The molecule has 3 rings (SSSR count). The molecule has 104 valence electrons. The first-order valence-corrected chi connectivity index (χ1v) is 7.23. The molecule has 0 radical (unpaired) electrons. The predicted molar refractivity (Wildman–Crippen MR) is 80.1 cm³/mol. The average molecular weight is 268 g/mol. The molecule has 0 saturated carbocycles. The summed E-state index contributed by atoms with van der Waals surface area (Å²) in [4.78, 5) is 12.5. The third-order valence-electron chi connectivity index (χ3n) is 3.90. The summed E-state index contributed by atoms with van der Waals surface area (Å²) in [6.45, 7) is 3.04. The van der Waals surface area contributed by atoms with Gasteiger partial charge in [0.25, 0.3) is 0 Å². The van der Waals surface area contributed by atoms with Crippen LogP contribution in [0.4, 0.5) is 0 Å². The molecular formula is C17H20N2O. The summed E-state index contributed by atoms with van der Waals surface area (Å²) >= 11 is 0. The monoisotopic (exact) mass is 268 g/mol. The number of hydrogen-bond acceptors (Lipinski definition) is 2. The minimum atomic E-state index is -0.0151. The van der Waals surface area contributed by atoms with Crippen LogP contribution in [0.5, 0.6) is 0 Å². The van der Waals surface area contributed by atoms with E-state index in [4.69, 9.17) is 0 Å². The van der Waals surface area contributed by atoms with Crippen LogP contribution >= 0.6 is 0 Å². The molecule has 1 aromatic carbocycles. The molecule has 0 bridgehead atoms. The molecule has 1 aromatic heterocycles. The Morgan fingerprint density at radius 1 is 1.35 bits per heavy atom. The zero-order valence-electron chi connectivity index (χ0n) is 11.8. The molecule has 1 atom stereocenters. The van der Waals surface area contributed by atoms with Gasteiger partial charge in [-0.15, -0.1) is 0 Å². The Bertz CT molecular complexity index is 609. The Hall–Kier alpha value is -1.87. The van der Waals surface area contributed by atoms with Gasteiger partial charge < -0.3 is 5.32 Å². The summed E-state index contributed by atoms with van der Waals surface area (Å²) in [5.41, 5.74) is 3.57. The number of nitrogens with zero attached hydrogens (tertiary/aromatic N) is 1. The maximum absolute atomic E-state index is 12.5. The van der Waals surface area contributed by atoms with Crippen molar-refractivity contribution in [2.45, 2.75) is 32.2 Å². The maximum Gasteiger partial charge on any atom is 0.247 e. The highest BCUT2D eigenvalue weighted by molar-refractivity contribution is 5.85. The molecule has 1 aliphatic heterocycles. The minimum Gasteiger partial charge on any atom is -0.306 e. The van der Waals surface area contributed by atoms with Crippen LogP contribution in [0.1, 0.15) is 34.5 Å². The highest BCUT2D eigenvalue weighted by atomic mass is 16.2. The van der Waals surface area contributed by atoms with Gasteiger partial charge in [0.2, 0.25) is 5.91 Å². The molecule has 2 aromatic rings. The lowest BCUT2D eigenvalue weighted by Crippen LogP contribution is -2.35. The van der Waals surface area contributed by atoms with E-state index >= 15 is 0 Å². The van der Waals surface area contributed by atoms with Crippen LogP contribution in [0, 0.1) is 6.92 Å². The molecule has 3 heteroatoms. The Morgan fingerprint density at radius 2 is 2.25 bits per heavy atom. The van der Waals surface area contributed by atoms with Crippen LogP contribution in [0.25, 0.3) is 0 Å². The van der Waals surface area contributed by atoms with E-state index in [-0.39, 0.29) is 11.9 Å². The number of aryl methyl sites for hydroxylation is 1. The molecule has 0 aliphatic carbocycles. The van der Waals surface area contributed by atoms with Gasteiger partial charge in [0.15, 0.2) is 0 Å². The smallest absolute Gasteiger partial charge is 0.247 e. The Labute approximate surface area is 119 Å². The SMILES string of the molecule is Cc1cccc(Cc2cccn2C(=O)[C@@H]2CCCN2)c1. The summed E-state index contributed by atoms with van der Waals surface area (Å²) in [6.07, 6.45) is 4.71. The molecular weight excluding hydrogens is 248 g/mol. The van der Waals surface area contributed by atoms with Gasteiger partial charge in [-0.2, -0.15) is 0 Å². The van der Waals surface area contributed by atoms with E-state index in [1.54, 1.807) is 0 Å². The van der Waals surface area contributed by atoms with Crippen molar-refractivity contribution in [3.8, 4) is 0 Å². The maximum atomic E-state index is 12.5. The number of carbonyl (C=O) groups excluding carboxylic acids is 1. The lowest BCUT2D eigenvalue weighted by atomic mass is 10.1. The van der Waals surface area contributed by atoms with Gasteiger partial charge in [-0.1, -0.05) is 29.8 Å². The van der Waals surface area contributed by atoms with Crippen LogP contribution in [0.2, 0.25) is 0 Å². The van der Waals surface area contributed by atoms with Crippen LogP contribution in [0.3, 0.4) is 0 Å². The number of benzene rings is 1. The molecule has 0 spiro atoms. The zero-order valence-corrected chi connectivity index (χ0v) is 11.8. The number of carbonyl (C=O) groups is 1. The molecule has 3 nitrogen and oxygen atoms in total. The standard InChI is InChI=1S/C17H20N2O/c1-13-5-2-6-14(11-13)12-15-7-4-10-19(15)17(20)16-8-3-9-18-16/h2,4-7,10-11,16,18H,3,8-9,12H2,1H3/t16-/m0/s1. The molecule has 0 amide bonds. The van der Waals surface area contributed by atoms with Gasteiger partial charge in [-0.05, 0) is 44.0 Å². The van der Waals surface area contributed by atoms with Gasteiger partial charge in [-0.3, -0.25) is 9.36 Å². The second-order valence-corrected chi connectivity index (χ2v) is 5.52. The first-order chi connectivity index (χ1) is 9.74. The lowest BCUT2D eigenvalue weighted by molar-refractivity contribution is 0.0867. The van der Waals surface area contributed by atoms with E-state index in [9.17, 15) is 4.79 Å². The summed E-state index contributed by atoms with van der Waals surface area (Å²) in [7, 11) is 0. The van der Waals surface area contributed by atoms with E-state index in [1.165, 1.54) is 11.1 Å². The summed E-state index contributed by atoms with van der Waals surface area (Å²) in [6, 6.07) is 12.4. The molecule has 1 N–H and O–H groups in total. The highest BCUT2D eigenvalue weighted by Crippen LogP contribution is 2.15.